The van der Waals surface area contributed by atoms with Crippen LogP contribution in [0, 0.1) is 0 Å². The molecule has 6 heteroatoms. The lowest BCUT2D eigenvalue weighted by Crippen LogP contribution is -2.43. The van der Waals surface area contributed by atoms with Crippen molar-refractivity contribution in [3.05, 3.63) is 35.4 Å². The Labute approximate surface area is 123 Å². The van der Waals surface area contributed by atoms with Crippen molar-refractivity contribution >= 4 is 17.8 Å². The van der Waals surface area contributed by atoms with Gasteiger partial charge in [-0.25, -0.2) is 0 Å². The lowest BCUT2D eigenvalue weighted by atomic mass is 9.97. The number of aliphatic carboxylic acids is 1. The molecule has 3 N–H and O–H groups in total. The number of carbonyl (C=O) groups is 3. The molecule has 1 aromatic rings. The summed E-state index contributed by atoms with van der Waals surface area (Å²) in [6.45, 7) is 3.52. The summed E-state index contributed by atoms with van der Waals surface area (Å²) in [5.41, 5.74) is 0.117. The highest BCUT2D eigenvalue weighted by Gasteiger charge is 2.22. The highest BCUT2D eigenvalue weighted by Crippen LogP contribution is 2.13. The van der Waals surface area contributed by atoms with Crippen LogP contribution in [0.5, 0.6) is 0 Å². The van der Waals surface area contributed by atoms with Crippen molar-refractivity contribution < 1.29 is 19.5 Å². The fraction of sp³-hybridized carbons (Fsp3) is 0.400. The summed E-state index contributed by atoms with van der Waals surface area (Å²) in [5, 5.41) is 14.0. The molecule has 0 aliphatic rings. The lowest BCUT2D eigenvalue weighted by Gasteiger charge is -2.25. The van der Waals surface area contributed by atoms with Crippen LogP contribution in [0.4, 0.5) is 0 Å². The number of nitrogens with one attached hydrogen (secondary N) is 2. The maximum Gasteiger partial charge on any atom is 0.303 e. The normalized spacial score (nSPS) is 10.8. The summed E-state index contributed by atoms with van der Waals surface area (Å²) in [6, 6.07) is 6.35. The van der Waals surface area contributed by atoms with E-state index in [-0.39, 0.29) is 18.2 Å². The zero-order valence-corrected chi connectivity index (χ0v) is 12.4. The monoisotopic (exact) mass is 292 g/mol. The van der Waals surface area contributed by atoms with Gasteiger partial charge in [0.25, 0.3) is 11.8 Å². The standard InChI is InChI=1S/C15H20N2O4/c1-15(2,8-7-12(18)19)17-14(21)11-6-4-5-10(9-11)13(20)16-3/h4-6,9H,7-8H2,1-3H3,(H,16,20)(H,17,21)(H,18,19). The van der Waals surface area contributed by atoms with Crippen LogP contribution in [0.15, 0.2) is 24.3 Å². The topological polar surface area (TPSA) is 95.5 Å². The van der Waals surface area contributed by atoms with Gasteiger partial charge in [0.1, 0.15) is 0 Å². The second-order valence-electron chi connectivity index (χ2n) is 5.39. The van der Waals surface area contributed by atoms with Crippen LogP contribution in [0.25, 0.3) is 0 Å². The number of rotatable bonds is 6. The number of carboxylic acid groups (broad SMARTS) is 1. The minimum Gasteiger partial charge on any atom is -0.481 e. The van der Waals surface area contributed by atoms with Crippen LogP contribution in [-0.2, 0) is 4.79 Å². The summed E-state index contributed by atoms with van der Waals surface area (Å²) < 4.78 is 0. The first-order valence-corrected chi connectivity index (χ1v) is 6.61. The minimum atomic E-state index is -0.904. The third kappa shape index (κ3) is 5.25. The van der Waals surface area contributed by atoms with E-state index in [0.29, 0.717) is 17.5 Å². The van der Waals surface area contributed by atoms with E-state index in [1.54, 1.807) is 32.0 Å². The van der Waals surface area contributed by atoms with Gasteiger partial charge in [0, 0.05) is 30.1 Å². The molecule has 21 heavy (non-hydrogen) atoms. The second-order valence-corrected chi connectivity index (χ2v) is 5.39. The predicted molar refractivity (Wildman–Crippen MR) is 78.2 cm³/mol. The predicted octanol–water partition coefficient (Wildman–Crippen LogP) is 1.42. The smallest absolute Gasteiger partial charge is 0.303 e. The van der Waals surface area contributed by atoms with Crippen molar-refractivity contribution in [2.24, 2.45) is 0 Å². The molecule has 0 heterocycles. The molecular weight excluding hydrogens is 272 g/mol. The fourth-order valence-electron chi connectivity index (χ4n) is 1.81. The van der Waals surface area contributed by atoms with Crippen LogP contribution in [0.3, 0.4) is 0 Å². The summed E-state index contributed by atoms with van der Waals surface area (Å²) >= 11 is 0. The third-order valence-electron chi connectivity index (χ3n) is 3.03. The maximum absolute atomic E-state index is 12.2. The van der Waals surface area contributed by atoms with Crippen molar-refractivity contribution in [1.29, 1.82) is 0 Å². The van der Waals surface area contributed by atoms with Gasteiger partial charge in [0.2, 0.25) is 0 Å². The van der Waals surface area contributed by atoms with E-state index in [0.717, 1.165) is 0 Å². The Morgan fingerprint density at radius 1 is 1.14 bits per heavy atom. The molecular formula is C15H20N2O4. The third-order valence-corrected chi connectivity index (χ3v) is 3.03. The SMILES string of the molecule is CNC(=O)c1cccc(C(=O)NC(C)(C)CCC(=O)O)c1. The molecule has 2 amide bonds. The average molecular weight is 292 g/mol. The Bertz CT molecular complexity index is 552. The van der Waals surface area contributed by atoms with Crippen molar-refractivity contribution in [2.75, 3.05) is 7.05 Å². The molecule has 0 aromatic heterocycles. The summed E-state index contributed by atoms with van der Waals surface area (Å²) in [6.07, 6.45) is 0.300. The van der Waals surface area contributed by atoms with Gasteiger partial charge in [0.15, 0.2) is 0 Å². The van der Waals surface area contributed by atoms with Crippen molar-refractivity contribution in [2.45, 2.75) is 32.2 Å². The van der Waals surface area contributed by atoms with Crippen molar-refractivity contribution in [3.8, 4) is 0 Å². The molecule has 0 fully saturated rings. The van der Waals surface area contributed by atoms with E-state index < -0.39 is 11.5 Å². The zero-order chi connectivity index (χ0) is 16.0. The molecule has 114 valence electrons. The molecule has 0 saturated carbocycles. The van der Waals surface area contributed by atoms with E-state index in [1.807, 2.05) is 0 Å². The van der Waals surface area contributed by atoms with Gasteiger partial charge in [-0.1, -0.05) is 6.07 Å². The van der Waals surface area contributed by atoms with Crippen molar-refractivity contribution in [3.63, 3.8) is 0 Å². The van der Waals surface area contributed by atoms with E-state index in [1.165, 1.54) is 13.1 Å². The van der Waals surface area contributed by atoms with Crippen LogP contribution < -0.4 is 10.6 Å². The zero-order valence-electron chi connectivity index (χ0n) is 12.4. The Morgan fingerprint density at radius 3 is 2.24 bits per heavy atom. The molecule has 0 saturated heterocycles. The molecule has 0 radical (unpaired) electrons. The Balaban J connectivity index is 2.79. The largest absolute Gasteiger partial charge is 0.481 e. The lowest BCUT2D eigenvalue weighted by molar-refractivity contribution is -0.137. The first kappa shape index (κ1) is 16.7. The van der Waals surface area contributed by atoms with Crippen LogP contribution in [0.1, 0.15) is 47.4 Å². The van der Waals surface area contributed by atoms with Crippen LogP contribution >= 0.6 is 0 Å². The number of carboxylic acids is 1. The molecule has 0 atom stereocenters. The summed E-state index contributed by atoms with van der Waals surface area (Å²) in [5.74, 6) is -1.51. The van der Waals surface area contributed by atoms with Crippen LogP contribution in [0.2, 0.25) is 0 Å². The van der Waals surface area contributed by atoms with Gasteiger partial charge in [-0.3, -0.25) is 14.4 Å². The molecule has 0 bridgehead atoms. The van der Waals surface area contributed by atoms with E-state index >= 15 is 0 Å². The van der Waals surface area contributed by atoms with Gasteiger partial charge < -0.3 is 15.7 Å². The second kappa shape index (κ2) is 6.88. The fourth-order valence-corrected chi connectivity index (χ4v) is 1.81. The number of hydrogen-bond acceptors (Lipinski definition) is 3. The molecule has 0 aliphatic heterocycles. The average Bonchev–Trinajstić information content (AvgIpc) is 2.44. The Hall–Kier alpha value is -2.37. The highest BCUT2D eigenvalue weighted by molar-refractivity contribution is 5.99. The summed E-state index contributed by atoms with van der Waals surface area (Å²) in [7, 11) is 1.52. The molecule has 0 aliphatic carbocycles. The maximum atomic E-state index is 12.2. The number of benzene rings is 1. The number of hydrogen-bond donors (Lipinski definition) is 3. The van der Waals surface area contributed by atoms with E-state index in [2.05, 4.69) is 10.6 Å². The molecule has 1 aromatic carbocycles. The number of amides is 2. The molecule has 0 unspecified atom stereocenters. The molecule has 6 nitrogen and oxygen atoms in total. The number of carbonyl (C=O) groups excluding carboxylic acids is 2. The first-order chi connectivity index (χ1) is 9.75. The Kier molecular flexibility index (Phi) is 5.46. The summed E-state index contributed by atoms with van der Waals surface area (Å²) in [4.78, 5) is 34.3. The van der Waals surface area contributed by atoms with E-state index in [9.17, 15) is 14.4 Å². The first-order valence-electron chi connectivity index (χ1n) is 6.61. The van der Waals surface area contributed by atoms with Gasteiger partial charge >= 0.3 is 5.97 Å². The van der Waals surface area contributed by atoms with Gasteiger partial charge in [-0.05, 0) is 38.5 Å². The van der Waals surface area contributed by atoms with Gasteiger partial charge in [-0.15, -0.1) is 0 Å². The molecule has 1 rings (SSSR count). The van der Waals surface area contributed by atoms with Crippen LogP contribution in [-0.4, -0.2) is 35.5 Å². The van der Waals surface area contributed by atoms with Gasteiger partial charge in [0.05, 0.1) is 0 Å². The quantitative estimate of drug-likeness (QED) is 0.739. The van der Waals surface area contributed by atoms with Gasteiger partial charge in [-0.2, -0.15) is 0 Å². The minimum absolute atomic E-state index is 0.0223. The Morgan fingerprint density at radius 2 is 1.71 bits per heavy atom. The molecule has 0 spiro atoms. The van der Waals surface area contributed by atoms with E-state index in [4.69, 9.17) is 5.11 Å². The highest BCUT2D eigenvalue weighted by atomic mass is 16.4. The van der Waals surface area contributed by atoms with Crippen molar-refractivity contribution in [1.82, 2.24) is 10.6 Å².